The second kappa shape index (κ2) is 3.24. The number of nitrogens with zero attached hydrogens (tertiary/aromatic N) is 2. The zero-order chi connectivity index (χ0) is 9.26. The summed E-state index contributed by atoms with van der Waals surface area (Å²) in [7, 11) is 0. The Kier molecular flexibility index (Phi) is 2.08. The van der Waals surface area contributed by atoms with E-state index < -0.39 is 0 Å². The molecule has 2 aromatic heterocycles. The molecule has 0 amide bonds. The molecular weight excluding hydrogens is 231 g/mol. The van der Waals surface area contributed by atoms with Gasteiger partial charge in [0.05, 0.1) is 0 Å². The topological polar surface area (TPSA) is 42.9 Å². The van der Waals surface area contributed by atoms with Crippen LogP contribution in [-0.4, -0.2) is 32.3 Å². The first-order valence-electron chi connectivity index (χ1n) is 3.69. The van der Waals surface area contributed by atoms with Gasteiger partial charge in [0.25, 0.3) is 0 Å². The number of aldehydes is 1. The van der Waals surface area contributed by atoms with Gasteiger partial charge in [-0.3, -0.25) is 0 Å². The van der Waals surface area contributed by atoms with Crippen LogP contribution >= 0.6 is 0 Å². The van der Waals surface area contributed by atoms with Crippen molar-refractivity contribution in [3.8, 4) is 0 Å². The van der Waals surface area contributed by atoms with Crippen molar-refractivity contribution in [3.05, 3.63) is 30.0 Å². The summed E-state index contributed by atoms with van der Waals surface area (Å²) in [5.74, 6) is 0. The number of hydrogen-bond acceptors (Lipinski definition) is 3. The van der Waals surface area contributed by atoms with Crippen LogP contribution in [0.4, 0.5) is 0 Å². The molecule has 2 aromatic rings. The van der Waals surface area contributed by atoms with E-state index in [4.69, 9.17) is 0 Å². The quantitative estimate of drug-likeness (QED) is 0.526. The maximum atomic E-state index is 10.6. The monoisotopic (exact) mass is 237 g/mol. The predicted molar refractivity (Wildman–Crippen MR) is 50.3 cm³/mol. The number of hydrogen-bond donors (Lipinski definition) is 0. The van der Waals surface area contributed by atoms with Crippen LogP contribution in [0.3, 0.4) is 0 Å². The van der Waals surface area contributed by atoms with Gasteiger partial charge in [-0.1, -0.05) is 0 Å². The Morgan fingerprint density at radius 1 is 1.46 bits per heavy atom. The van der Waals surface area contributed by atoms with Crippen molar-refractivity contribution in [1.29, 1.82) is 0 Å². The normalized spacial score (nSPS) is 10.2. The van der Waals surface area contributed by atoms with Gasteiger partial charge < -0.3 is 0 Å². The van der Waals surface area contributed by atoms with E-state index >= 15 is 0 Å². The molecule has 0 saturated heterocycles. The van der Waals surface area contributed by atoms with Gasteiger partial charge in [-0.15, -0.1) is 0 Å². The number of carbonyl (C=O) groups is 1. The first-order chi connectivity index (χ1) is 6.31. The van der Waals surface area contributed by atoms with E-state index in [1.807, 2.05) is 12.1 Å². The molecule has 0 spiro atoms. The molecular formula is C9H5N2OSe. The van der Waals surface area contributed by atoms with Crippen molar-refractivity contribution < 1.29 is 4.79 Å². The van der Waals surface area contributed by atoms with Crippen LogP contribution in [0.15, 0.2) is 24.4 Å². The van der Waals surface area contributed by atoms with E-state index in [1.54, 1.807) is 12.3 Å². The van der Waals surface area contributed by atoms with Crippen molar-refractivity contribution in [2.24, 2.45) is 0 Å². The molecule has 13 heavy (non-hydrogen) atoms. The van der Waals surface area contributed by atoms with Gasteiger partial charge in [-0.2, -0.15) is 0 Å². The van der Waals surface area contributed by atoms with Gasteiger partial charge in [0.15, 0.2) is 0 Å². The Bertz CT molecular complexity index is 470. The summed E-state index contributed by atoms with van der Waals surface area (Å²) in [6.45, 7) is 0. The first-order valence-corrected chi connectivity index (χ1v) is 4.55. The van der Waals surface area contributed by atoms with Gasteiger partial charge >= 0.3 is 82.6 Å². The first kappa shape index (κ1) is 8.35. The zero-order valence-electron chi connectivity index (χ0n) is 6.60. The summed E-state index contributed by atoms with van der Waals surface area (Å²) in [6, 6.07) is 5.47. The Labute approximate surface area is 83.0 Å². The van der Waals surface area contributed by atoms with E-state index in [2.05, 4.69) is 26.0 Å². The van der Waals surface area contributed by atoms with Crippen molar-refractivity contribution in [2.75, 3.05) is 0 Å². The number of rotatable bonds is 1. The molecule has 2 heterocycles. The Balaban J connectivity index is 2.81. The second-order valence-corrected chi connectivity index (χ2v) is 3.36. The van der Waals surface area contributed by atoms with Crippen molar-refractivity contribution in [1.82, 2.24) is 9.97 Å². The molecule has 63 valence electrons. The Hall–Kier alpha value is -1.25. The Morgan fingerprint density at radius 2 is 2.31 bits per heavy atom. The number of carbonyl (C=O) groups excluding carboxylic acids is 1. The summed E-state index contributed by atoms with van der Waals surface area (Å²) in [6.07, 6.45) is 2.46. The fourth-order valence-electron chi connectivity index (χ4n) is 1.09. The van der Waals surface area contributed by atoms with Gasteiger partial charge in [-0.25, -0.2) is 0 Å². The number of pyridine rings is 2. The molecule has 0 unspecified atom stereocenters. The summed E-state index contributed by atoms with van der Waals surface area (Å²) < 4.78 is 0.598. The van der Waals surface area contributed by atoms with Crippen molar-refractivity contribution in [3.63, 3.8) is 0 Å². The van der Waals surface area contributed by atoms with Crippen LogP contribution in [0, 0.1) is 0 Å². The molecule has 0 N–H and O–H groups in total. The summed E-state index contributed by atoms with van der Waals surface area (Å²) in [5.41, 5.74) is 1.22. The van der Waals surface area contributed by atoms with E-state index in [0.717, 1.165) is 11.7 Å². The molecule has 0 aromatic carbocycles. The number of fused-ring (bicyclic) bond motifs is 1. The second-order valence-electron chi connectivity index (χ2n) is 2.55. The molecule has 0 aliphatic rings. The van der Waals surface area contributed by atoms with Crippen molar-refractivity contribution >= 4 is 37.9 Å². The molecule has 2 rings (SSSR count). The average Bonchev–Trinajstić information content (AvgIpc) is 2.17. The molecule has 0 aliphatic carbocycles. The zero-order valence-corrected chi connectivity index (χ0v) is 8.31. The molecule has 3 nitrogen and oxygen atoms in total. The van der Waals surface area contributed by atoms with E-state index in [1.165, 1.54) is 0 Å². The average molecular weight is 236 g/mol. The fraction of sp³-hybridized carbons (Fsp3) is 0. The van der Waals surface area contributed by atoms with E-state index in [0.29, 0.717) is 15.8 Å². The standard InChI is InChI=1S/C9H5N2OSe/c12-5-7-4-6-2-1-3-10-8(6)11-9(7)13/h1-5H. The molecule has 0 bridgehead atoms. The summed E-state index contributed by atoms with van der Waals surface area (Å²) in [4.78, 5) is 18.8. The summed E-state index contributed by atoms with van der Waals surface area (Å²) in [5, 5.41) is 0.878. The molecule has 0 aliphatic heterocycles. The third-order valence-electron chi connectivity index (χ3n) is 1.71. The van der Waals surface area contributed by atoms with Crippen LogP contribution in [-0.2, 0) is 0 Å². The predicted octanol–water partition coefficient (Wildman–Crippen LogP) is 0.236. The minimum atomic E-state index is 0.570. The van der Waals surface area contributed by atoms with Crippen LogP contribution in [0.1, 0.15) is 10.4 Å². The van der Waals surface area contributed by atoms with Crippen LogP contribution in [0.5, 0.6) is 0 Å². The third-order valence-corrected chi connectivity index (χ3v) is 2.40. The van der Waals surface area contributed by atoms with E-state index in [-0.39, 0.29) is 0 Å². The van der Waals surface area contributed by atoms with Gasteiger partial charge in [0.1, 0.15) is 0 Å². The van der Waals surface area contributed by atoms with Crippen molar-refractivity contribution in [2.45, 2.75) is 0 Å². The van der Waals surface area contributed by atoms with Crippen LogP contribution < -0.4 is 4.59 Å². The van der Waals surface area contributed by atoms with E-state index in [9.17, 15) is 4.79 Å². The summed E-state index contributed by atoms with van der Waals surface area (Å²) >= 11 is 2.73. The molecule has 4 heteroatoms. The molecule has 0 fully saturated rings. The SMILES string of the molecule is O=Cc1cc2cccnc2nc1[Se]. The number of aromatic nitrogens is 2. The fourth-order valence-corrected chi connectivity index (χ4v) is 1.50. The van der Waals surface area contributed by atoms with Gasteiger partial charge in [0.2, 0.25) is 0 Å². The molecule has 0 saturated carbocycles. The van der Waals surface area contributed by atoms with Gasteiger partial charge in [0, 0.05) is 0 Å². The minimum absolute atomic E-state index is 0.570. The van der Waals surface area contributed by atoms with Crippen LogP contribution in [0.2, 0.25) is 0 Å². The maximum absolute atomic E-state index is 10.6. The van der Waals surface area contributed by atoms with Gasteiger partial charge in [-0.05, 0) is 0 Å². The molecule has 1 radical (unpaired) electrons. The van der Waals surface area contributed by atoms with Crippen LogP contribution in [0.25, 0.3) is 11.0 Å². The third kappa shape index (κ3) is 1.46. The Morgan fingerprint density at radius 3 is 3.08 bits per heavy atom. The molecule has 0 atom stereocenters.